The molecule has 38 heavy (non-hydrogen) atoms. The number of rotatable bonds is 3. The molecular formula is C30H41NO7. The van der Waals surface area contributed by atoms with Gasteiger partial charge in [-0.25, -0.2) is 4.98 Å². The molecule has 2 N–H and O–H groups in total. The normalized spacial score (nSPS) is 34.9. The monoisotopic (exact) mass is 527 g/mol. The first kappa shape index (κ1) is 28.5. The van der Waals surface area contributed by atoms with E-state index < -0.39 is 35.6 Å². The van der Waals surface area contributed by atoms with Gasteiger partial charge in [-0.05, 0) is 49.8 Å². The molecule has 2 aliphatic rings. The number of cyclic esters (lactones) is 1. The first-order valence-corrected chi connectivity index (χ1v) is 13.6. The number of carbonyl (C=O) groups is 2. The fraction of sp³-hybridized carbons (Fsp3) is 0.633. The van der Waals surface area contributed by atoms with Gasteiger partial charge in [0.15, 0.2) is 11.5 Å². The Morgan fingerprint density at radius 3 is 2.66 bits per heavy atom. The van der Waals surface area contributed by atoms with E-state index in [0.29, 0.717) is 29.8 Å². The van der Waals surface area contributed by atoms with Crippen molar-refractivity contribution in [2.75, 3.05) is 0 Å². The summed E-state index contributed by atoms with van der Waals surface area (Å²) in [5.74, 6) is -1.19. The van der Waals surface area contributed by atoms with Crippen LogP contribution in [-0.2, 0) is 19.1 Å². The van der Waals surface area contributed by atoms with Gasteiger partial charge in [0.2, 0.25) is 0 Å². The third-order valence-electron chi connectivity index (χ3n) is 8.54. The quantitative estimate of drug-likeness (QED) is 0.325. The number of carbonyl (C=O) groups excluding carboxylic acids is 2. The van der Waals surface area contributed by atoms with E-state index >= 15 is 0 Å². The third kappa shape index (κ3) is 5.87. The lowest BCUT2D eigenvalue weighted by atomic mass is 9.71. The number of hydrogen-bond acceptors (Lipinski definition) is 8. The van der Waals surface area contributed by atoms with Gasteiger partial charge in [0.05, 0.1) is 35.7 Å². The highest BCUT2D eigenvalue weighted by Gasteiger charge is 2.53. The molecule has 0 spiro atoms. The molecule has 0 unspecified atom stereocenters. The molecule has 1 aromatic carbocycles. The van der Waals surface area contributed by atoms with Crippen LogP contribution in [0.2, 0.25) is 0 Å². The summed E-state index contributed by atoms with van der Waals surface area (Å²) in [5.41, 5.74) is 0.481. The lowest BCUT2D eigenvalue weighted by molar-refractivity contribution is -0.156. The van der Waals surface area contributed by atoms with Crippen LogP contribution >= 0.6 is 0 Å². The molecule has 0 saturated carbocycles. The van der Waals surface area contributed by atoms with E-state index in [1.165, 1.54) is 0 Å². The van der Waals surface area contributed by atoms with E-state index in [0.717, 1.165) is 24.8 Å². The Hall–Kier alpha value is -2.55. The van der Waals surface area contributed by atoms with Crippen LogP contribution in [-0.4, -0.2) is 50.9 Å². The Bertz CT molecular complexity index is 1190. The summed E-state index contributed by atoms with van der Waals surface area (Å²) < 4.78 is 17.6. The number of esters is 1. The number of aliphatic hydroxyl groups excluding tert-OH is 2. The highest BCUT2D eigenvalue weighted by atomic mass is 16.6. The second-order valence-electron chi connectivity index (χ2n) is 11.9. The van der Waals surface area contributed by atoms with E-state index in [-0.39, 0.29) is 29.8 Å². The molecule has 4 rings (SSSR count). The maximum atomic E-state index is 13.6. The predicted octanol–water partition coefficient (Wildman–Crippen LogP) is 4.99. The molecule has 2 aromatic rings. The van der Waals surface area contributed by atoms with Crippen molar-refractivity contribution >= 4 is 22.9 Å². The highest BCUT2D eigenvalue weighted by Crippen LogP contribution is 2.47. The van der Waals surface area contributed by atoms with E-state index in [2.05, 4.69) is 18.5 Å². The molecule has 2 aliphatic heterocycles. The van der Waals surface area contributed by atoms with Crippen molar-refractivity contribution in [1.82, 2.24) is 4.98 Å². The minimum absolute atomic E-state index is 0.0976. The number of hydrogen-bond donors (Lipinski definition) is 2. The van der Waals surface area contributed by atoms with Gasteiger partial charge in [-0.15, -0.1) is 6.58 Å². The Morgan fingerprint density at radius 1 is 1.21 bits per heavy atom. The third-order valence-corrected chi connectivity index (χ3v) is 8.54. The van der Waals surface area contributed by atoms with Crippen molar-refractivity contribution in [2.45, 2.75) is 103 Å². The van der Waals surface area contributed by atoms with Crippen molar-refractivity contribution in [3.8, 4) is 0 Å². The van der Waals surface area contributed by atoms with Crippen molar-refractivity contribution < 1.29 is 33.7 Å². The number of fused-ring (bicyclic) bond motifs is 2. The van der Waals surface area contributed by atoms with E-state index in [1.807, 2.05) is 25.1 Å². The van der Waals surface area contributed by atoms with Crippen molar-refractivity contribution in [2.24, 2.45) is 17.3 Å². The molecule has 0 bridgehead atoms. The molecular weight excluding hydrogens is 486 g/mol. The summed E-state index contributed by atoms with van der Waals surface area (Å²) in [4.78, 5) is 31.1. The topological polar surface area (TPSA) is 122 Å². The average Bonchev–Trinajstić information content (AvgIpc) is 3.32. The summed E-state index contributed by atoms with van der Waals surface area (Å²) in [5, 5.41) is 22.2. The Labute approximate surface area is 224 Å². The Morgan fingerprint density at radius 2 is 1.95 bits per heavy atom. The zero-order valence-electron chi connectivity index (χ0n) is 23.1. The number of benzene rings is 1. The van der Waals surface area contributed by atoms with Gasteiger partial charge in [0, 0.05) is 19.3 Å². The largest absolute Gasteiger partial charge is 0.457 e. The minimum atomic E-state index is -1.28. The summed E-state index contributed by atoms with van der Waals surface area (Å²) >= 11 is 0. The lowest BCUT2D eigenvalue weighted by Crippen LogP contribution is -2.46. The van der Waals surface area contributed by atoms with Crippen LogP contribution in [0, 0.1) is 24.2 Å². The molecule has 8 heteroatoms. The van der Waals surface area contributed by atoms with Crippen molar-refractivity contribution in [3.63, 3.8) is 0 Å². The standard InChI is InChI=1S/C30H41NO7/c1-7-9-20-27(34)17(2)10-8-13-30(6)25(38-30)15-23(19-11-12-22-21(14-19)31-18(3)36-22)37-26(33)16-24(32)29(4,5)28(20)35/h7,11-12,14,17,20,23-25,27,32,34H,1,8-10,13,15-16H2,2-6H3/t17-,20-,23+,24+,25+,27-,30-/m1/s1. The predicted molar refractivity (Wildman–Crippen MR) is 142 cm³/mol. The molecule has 8 nitrogen and oxygen atoms in total. The van der Waals surface area contributed by atoms with E-state index in [9.17, 15) is 19.8 Å². The molecule has 1 aromatic heterocycles. The number of ketones is 1. The second kappa shape index (κ2) is 10.9. The van der Waals surface area contributed by atoms with Crippen LogP contribution in [0.4, 0.5) is 0 Å². The second-order valence-corrected chi connectivity index (χ2v) is 11.9. The van der Waals surface area contributed by atoms with Crippen LogP contribution in [0.3, 0.4) is 0 Å². The van der Waals surface area contributed by atoms with Crippen molar-refractivity contribution in [3.05, 3.63) is 42.3 Å². The fourth-order valence-electron chi connectivity index (χ4n) is 5.70. The van der Waals surface area contributed by atoms with Gasteiger partial charge in [0.25, 0.3) is 0 Å². The van der Waals surface area contributed by atoms with Crippen LogP contribution in [0.1, 0.15) is 83.8 Å². The maximum absolute atomic E-state index is 13.6. The Kier molecular flexibility index (Phi) is 8.17. The number of allylic oxidation sites excluding steroid dienone is 1. The number of aryl methyl sites for hydroxylation is 1. The SMILES string of the molecule is C=CC[C@H]1C(=O)C(C)(C)[C@@H](O)CC(=O)O[C@H](c2ccc3oc(C)nc3c2)C[C@@H]2O[C@]2(C)CCC[C@@H](C)[C@H]1O. The van der Waals surface area contributed by atoms with Gasteiger partial charge in [0.1, 0.15) is 17.4 Å². The van der Waals surface area contributed by atoms with Crippen LogP contribution in [0.5, 0.6) is 0 Å². The highest BCUT2D eigenvalue weighted by molar-refractivity contribution is 5.88. The molecule has 3 heterocycles. The first-order valence-electron chi connectivity index (χ1n) is 13.6. The number of epoxide rings is 1. The van der Waals surface area contributed by atoms with Gasteiger partial charge in [-0.2, -0.15) is 0 Å². The number of Topliss-reactive ketones (excluding diaryl/α,β-unsaturated/α-hetero) is 1. The first-order chi connectivity index (χ1) is 17.9. The maximum Gasteiger partial charge on any atom is 0.309 e. The summed E-state index contributed by atoms with van der Waals surface area (Å²) in [6.07, 6.45) is 1.50. The molecule has 0 aliphatic carbocycles. The summed E-state index contributed by atoms with van der Waals surface area (Å²) in [6.45, 7) is 12.8. The molecule has 0 radical (unpaired) electrons. The van der Waals surface area contributed by atoms with Crippen LogP contribution < -0.4 is 0 Å². The smallest absolute Gasteiger partial charge is 0.309 e. The summed E-state index contributed by atoms with van der Waals surface area (Å²) in [6, 6.07) is 5.53. The number of aliphatic hydroxyl groups is 2. The minimum Gasteiger partial charge on any atom is -0.457 e. The molecule has 7 atom stereocenters. The van der Waals surface area contributed by atoms with Crippen LogP contribution in [0.25, 0.3) is 11.1 Å². The lowest BCUT2D eigenvalue weighted by Gasteiger charge is -2.35. The fourth-order valence-corrected chi connectivity index (χ4v) is 5.70. The van der Waals surface area contributed by atoms with E-state index in [1.54, 1.807) is 26.8 Å². The average molecular weight is 528 g/mol. The Balaban J connectivity index is 1.63. The van der Waals surface area contributed by atoms with Gasteiger partial charge < -0.3 is 24.1 Å². The zero-order chi connectivity index (χ0) is 27.8. The molecule has 0 amide bonds. The summed E-state index contributed by atoms with van der Waals surface area (Å²) in [7, 11) is 0. The number of nitrogens with zero attached hydrogens (tertiary/aromatic N) is 1. The number of ether oxygens (including phenoxy) is 2. The molecule has 208 valence electrons. The van der Waals surface area contributed by atoms with Crippen LogP contribution in [0.15, 0.2) is 35.3 Å². The molecule has 2 saturated heterocycles. The van der Waals surface area contributed by atoms with Gasteiger partial charge in [-0.3, -0.25) is 9.59 Å². The zero-order valence-corrected chi connectivity index (χ0v) is 23.1. The molecule has 2 fully saturated rings. The number of aromatic nitrogens is 1. The van der Waals surface area contributed by atoms with Gasteiger partial charge in [-0.1, -0.05) is 39.3 Å². The van der Waals surface area contributed by atoms with Crippen molar-refractivity contribution in [1.29, 1.82) is 0 Å². The van der Waals surface area contributed by atoms with E-state index in [4.69, 9.17) is 13.9 Å². The number of oxazole rings is 1. The van der Waals surface area contributed by atoms with Gasteiger partial charge >= 0.3 is 5.97 Å².